The zero-order valence-electron chi connectivity index (χ0n) is 12.5. The van der Waals surface area contributed by atoms with Crippen LogP contribution in [0.15, 0.2) is 0 Å². The normalized spacial score (nSPS) is 21.7. The minimum atomic E-state index is 0.0493. The lowest BCUT2D eigenvalue weighted by Crippen LogP contribution is -2.45. The maximum Gasteiger partial charge on any atom is 0.222 e. The Kier molecular flexibility index (Phi) is 7.39. The van der Waals surface area contributed by atoms with Gasteiger partial charge in [0.2, 0.25) is 5.91 Å². The third kappa shape index (κ3) is 5.11. The van der Waals surface area contributed by atoms with Gasteiger partial charge < -0.3 is 15.7 Å². The van der Waals surface area contributed by atoms with Gasteiger partial charge in [0.15, 0.2) is 0 Å². The van der Waals surface area contributed by atoms with Gasteiger partial charge in [-0.3, -0.25) is 4.79 Å². The van der Waals surface area contributed by atoms with Crippen molar-refractivity contribution in [1.29, 1.82) is 0 Å². The predicted molar refractivity (Wildman–Crippen MR) is 77.7 cm³/mol. The monoisotopic (exact) mass is 270 g/mol. The second-order valence-corrected chi connectivity index (χ2v) is 6.04. The van der Waals surface area contributed by atoms with Crippen molar-refractivity contribution in [3.05, 3.63) is 0 Å². The summed E-state index contributed by atoms with van der Waals surface area (Å²) < 4.78 is 0. The summed E-state index contributed by atoms with van der Waals surface area (Å²) in [7, 11) is 0. The number of nitrogens with two attached hydrogens (primary N) is 1. The number of likely N-dealkylation sites (tertiary alicyclic amines) is 1. The molecule has 1 heterocycles. The minimum absolute atomic E-state index is 0.0493. The van der Waals surface area contributed by atoms with Crippen LogP contribution in [0.2, 0.25) is 0 Å². The van der Waals surface area contributed by atoms with Crippen LogP contribution in [0.3, 0.4) is 0 Å². The lowest BCUT2D eigenvalue weighted by Gasteiger charge is -2.35. The number of carbonyl (C=O) groups is 1. The van der Waals surface area contributed by atoms with Gasteiger partial charge in [0.1, 0.15) is 0 Å². The summed E-state index contributed by atoms with van der Waals surface area (Å²) in [6.07, 6.45) is 5.64. The number of amides is 1. The molecule has 1 amide bonds. The molecule has 1 saturated heterocycles. The van der Waals surface area contributed by atoms with Crippen LogP contribution in [0.5, 0.6) is 0 Å². The van der Waals surface area contributed by atoms with Crippen molar-refractivity contribution in [1.82, 2.24) is 4.90 Å². The number of aliphatic hydroxyl groups excluding tert-OH is 1. The number of piperidine rings is 1. The molecule has 2 unspecified atom stereocenters. The fourth-order valence-electron chi connectivity index (χ4n) is 3.00. The van der Waals surface area contributed by atoms with Crippen LogP contribution in [-0.2, 0) is 4.79 Å². The maximum absolute atomic E-state index is 12.3. The molecule has 0 bridgehead atoms. The van der Waals surface area contributed by atoms with Crippen molar-refractivity contribution in [3.8, 4) is 0 Å². The molecule has 4 nitrogen and oxygen atoms in total. The van der Waals surface area contributed by atoms with Gasteiger partial charge in [0.25, 0.3) is 0 Å². The van der Waals surface area contributed by atoms with E-state index in [1.54, 1.807) is 0 Å². The second kappa shape index (κ2) is 8.54. The van der Waals surface area contributed by atoms with Gasteiger partial charge in [-0.15, -0.1) is 0 Å². The van der Waals surface area contributed by atoms with Gasteiger partial charge in [0, 0.05) is 13.0 Å². The summed E-state index contributed by atoms with van der Waals surface area (Å²) in [6, 6.07) is 0.0493. The summed E-state index contributed by atoms with van der Waals surface area (Å²) in [6.45, 7) is 6.00. The molecule has 0 aromatic carbocycles. The van der Waals surface area contributed by atoms with Crippen LogP contribution >= 0.6 is 0 Å². The molecule has 112 valence electrons. The van der Waals surface area contributed by atoms with Crippen LogP contribution in [-0.4, -0.2) is 41.7 Å². The van der Waals surface area contributed by atoms with Crippen molar-refractivity contribution in [2.75, 3.05) is 19.7 Å². The molecule has 4 heteroatoms. The Labute approximate surface area is 117 Å². The van der Waals surface area contributed by atoms with E-state index in [9.17, 15) is 9.90 Å². The summed E-state index contributed by atoms with van der Waals surface area (Å²) >= 11 is 0. The summed E-state index contributed by atoms with van der Waals surface area (Å²) in [5, 5.41) is 9.35. The Morgan fingerprint density at radius 1 is 1.37 bits per heavy atom. The fourth-order valence-corrected chi connectivity index (χ4v) is 3.00. The highest BCUT2D eigenvalue weighted by molar-refractivity contribution is 5.76. The summed E-state index contributed by atoms with van der Waals surface area (Å²) in [5.74, 6) is 1.32. The van der Waals surface area contributed by atoms with Crippen molar-refractivity contribution >= 4 is 5.91 Å². The lowest BCUT2D eigenvalue weighted by atomic mass is 9.88. The molecule has 0 aliphatic carbocycles. The number of carbonyl (C=O) groups excluding carboxylic acids is 1. The van der Waals surface area contributed by atoms with E-state index in [0.29, 0.717) is 24.8 Å². The SMILES string of the molecule is CC(C)C(CCN)CCC(=O)N1CCCCC1CO. The zero-order chi connectivity index (χ0) is 14.3. The van der Waals surface area contributed by atoms with Crippen molar-refractivity contribution in [2.24, 2.45) is 17.6 Å². The molecule has 1 aliphatic heterocycles. The van der Waals surface area contributed by atoms with E-state index in [2.05, 4.69) is 13.8 Å². The number of nitrogens with zero attached hydrogens (tertiary/aromatic N) is 1. The van der Waals surface area contributed by atoms with Crippen LogP contribution in [0, 0.1) is 11.8 Å². The molecule has 0 aromatic heterocycles. The maximum atomic E-state index is 12.3. The molecule has 0 saturated carbocycles. The first-order valence-corrected chi connectivity index (χ1v) is 7.70. The Morgan fingerprint density at radius 3 is 2.68 bits per heavy atom. The van der Waals surface area contributed by atoms with Crippen LogP contribution in [0.1, 0.15) is 52.4 Å². The number of hydrogen-bond acceptors (Lipinski definition) is 3. The average Bonchev–Trinajstić information content (AvgIpc) is 2.42. The first-order chi connectivity index (χ1) is 9.10. The van der Waals surface area contributed by atoms with E-state index >= 15 is 0 Å². The number of rotatable bonds is 7. The Hall–Kier alpha value is -0.610. The van der Waals surface area contributed by atoms with Gasteiger partial charge in [-0.2, -0.15) is 0 Å². The Bertz CT molecular complexity index is 269. The predicted octanol–water partition coefficient (Wildman–Crippen LogP) is 1.76. The molecule has 3 N–H and O–H groups in total. The van der Waals surface area contributed by atoms with Gasteiger partial charge in [-0.25, -0.2) is 0 Å². The molecule has 0 spiro atoms. The molecule has 19 heavy (non-hydrogen) atoms. The Morgan fingerprint density at radius 2 is 2.11 bits per heavy atom. The molecule has 1 rings (SSSR count). The topological polar surface area (TPSA) is 66.6 Å². The molecule has 1 aliphatic rings. The fraction of sp³-hybridized carbons (Fsp3) is 0.933. The number of aliphatic hydroxyl groups is 1. The number of hydrogen-bond donors (Lipinski definition) is 2. The average molecular weight is 270 g/mol. The quantitative estimate of drug-likeness (QED) is 0.741. The highest BCUT2D eigenvalue weighted by Crippen LogP contribution is 2.23. The van der Waals surface area contributed by atoms with Gasteiger partial charge in [-0.1, -0.05) is 13.8 Å². The first kappa shape index (κ1) is 16.4. The molecule has 0 aromatic rings. The third-order valence-corrected chi connectivity index (χ3v) is 4.37. The van der Waals surface area contributed by atoms with E-state index in [1.165, 1.54) is 0 Å². The zero-order valence-corrected chi connectivity index (χ0v) is 12.5. The highest BCUT2D eigenvalue weighted by atomic mass is 16.3. The first-order valence-electron chi connectivity index (χ1n) is 7.70. The van der Waals surface area contributed by atoms with Crippen molar-refractivity contribution < 1.29 is 9.90 Å². The van der Waals surface area contributed by atoms with Crippen LogP contribution < -0.4 is 5.73 Å². The van der Waals surface area contributed by atoms with Gasteiger partial charge >= 0.3 is 0 Å². The molecule has 2 atom stereocenters. The molecule has 1 fully saturated rings. The minimum Gasteiger partial charge on any atom is -0.394 e. The van der Waals surface area contributed by atoms with E-state index in [-0.39, 0.29) is 18.6 Å². The highest BCUT2D eigenvalue weighted by Gasteiger charge is 2.26. The largest absolute Gasteiger partial charge is 0.394 e. The van der Waals surface area contributed by atoms with Crippen LogP contribution in [0.4, 0.5) is 0 Å². The van der Waals surface area contributed by atoms with E-state index in [4.69, 9.17) is 5.73 Å². The van der Waals surface area contributed by atoms with Crippen LogP contribution in [0.25, 0.3) is 0 Å². The Balaban J connectivity index is 2.44. The third-order valence-electron chi connectivity index (χ3n) is 4.37. The smallest absolute Gasteiger partial charge is 0.222 e. The van der Waals surface area contributed by atoms with Gasteiger partial charge in [-0.05, 0) is 50.5 Å². The van der Waals surface area contributed by atoms with Crippen molar-refractivity contribution in [3.63, 3.8) is 0 Å². The molecular weight excluding hydrogens is 240 g/mol. The second-order valence-electron chi connectivity index (χ2n) is 6.04. The van der Waals surface area contributed by atoms with E-state index < -0.39 is 0 Å². The molecule has 0 radical (unpaired) electrons. The van der Waals surface area contributed by atoms with Crippen molar-refractivity contribution in [2.45, 2.75) is 58.4 Å². The molecular formula is C15H30N2O2. The lowest BCUT2D eigenvalue weighted by molar-refractivity contribution is -0.136. The van der Waals surface area contributed by atoms with E-state index in [1.807, 2.05) is 4.90 Å². The van der Waals surface area contributed by atoms with Gasteiger partial charge in [0.05, 0.1) is 12.6 Å². The van der Waals surface area contributed by atoms with E-state index in [0.717, 1.165) is 38.6 Å². The summed E-state index contributed by atoms with van der Waals surface area (Å²) in [5.41, 5.74) is 5.63. The standard InChI is InChI=1S/C15H30N2O2/c1-12(2)13(8-9-16)6-7-15(19)17-10-4-3-5-14(17)11-18/h12-14,18H,3-11,16H2,1-2H3. The summed E-state index contributed by atoms with van der Waals surface area (Å²) in [4.78, 5) is 14.2.